The lowest BCUT2D eigenvalue weighted by atomic mass is 10.1. The van der Waals surface area contributed by atoms with Gasteiger partial charge in [-0.25, -0.2) is 0 Å². The van der Waals surface area contributed by atoms with Crippen molar-refractivity contribution < 1.29 is 43.2 Å². The predicted molar refractivity (Wildman–Crippen MR) is 109 cm³/mol. The van der Waals surface area contributed by atoms with Gasteiger partial charge in [0.05, 0.1) is 32.5 Å². The molecule has 0 aliphatic heterocycles. The molecule has 5 N–H and O–H groups in total. The lowest BCUT2D eigenvalue weighted by Crippen LogP contribution is -2.41. The van der Waals surface area contributed by atoms with Gasteiger partial charge in [0.15, 0.2) is 0 Å². The van der Waals surface area contributed by atoms with E-state index in [2.05, 4.69) is 10.6 Å². The number of ether oxygens (including phenoxy) is 4. The fourth-order valence-electron chi connectivity index (χ4n) is 2.11. The molecular weight excluding hydrogens is 414 g/mol. The zero-order valence-electron chi connectivity index (χ0n) is 17.8. The van der Waals surface area contributed by atoms with Crippen LogP contribution in [0.1, 0.15) is 25.7 Å². The van der Waals surface area contributed by atoms with E-state index in [4.69, 9.17) is 29.8 Å². The molecule has 0 unspecified atom stereocenters. The number of rotatable bonds is 22. The lowest BCUT2D eigenvalue weighted by molar-refractivity contribution is -0.137. The maximum Gasteiger partial charge on any atom is 0.303 e. The van der Waals surface area contributed by atoms with Gasteiger partial charge >= 0.3 is 5.97 Å². The standard InChI is InChI=1S/C19H34N3O9/c20-16(3-4-18(25)26)19(27)22-6-2-9-29-12-14-30-13-11-28-8-1-5-21-17(24)15-31-10-7-23/h16H,1-6,8-15,20H2,(H,21,24)(H,22,27)(H,25,26)/t16-/m0/s1. The fraction of sp³-hybridized carbons (Fsp3) is 0.789. The quantitative estimate of drug-likeness (QED) is 0.141. The van der Waals surface area contributed by atoms with Gasteiger partial charge in [-0.05, 0) is 19.3 Å². The van der Waals surface area contributed by atoms with Crippen molar-refractivity contribution in [3.05, 3.63) is 0 Å². The van der Waals surface area contributed by atoms with Gasteiger partial charge in [0, 0.05) is 32.7 Å². The first-order valence-electron chi connectivity index (χ1n) is 10.1. The van der Waals surface area contributed by atoms with Crippen LogP contribution in [-0.4, -0.2) is 101 Å². The average Bonchev–Trinajstić information content (AvgIpc) is 2.74. The topological polar surface area (TPSA) is 176 Å². The molecule has 0 aromatic carbocycles. The molecule has 0 heterocycles. The van der Waals surface area contributed by atoms with E-state index in [1.165, 1.54) is 6.29 Å². The molecule has 1 atom stereocenters. The summed E-state index contributed by atoms with van der Waals surface area (Å²) in [6.07, 6.45) is 2.76. The smallest absolute Gasteiger partial charge is 0.303 e. The highest BCUT2D eigenvalue weighted by atomic mass is 16.5. The summed E-state index contributed by atoms with van der Waals surface area (Å²) < 4.78 is 20.8. The molecule has 0 saturated carbocycles. The van der Waals surface area contributed by atoms with E-state index < -0.39 is 12.0 Å². The van der Waals surface area contributed by atoms with Crippen LogP contribution >= 0.6 is 0 Å². The Kier molecular flexibility index (Phi) is 19.7. The monoisotopic (exact) mass is 448 g/mol. The third-order valence-electron chi connectivity index (χ3n) is 3.70. The van der Waals surface area contributed by atoms with Crippen molar-refractivity contribution >= 4 is 24.1 Å². The van der Waals surface area contributed by atoms with Crippen LogP contribution in [0.15, 0.2) is 0 Å². The number of nitrogens with two attached hydrogens (primary N) is 1. The molecule has 0 spiro atoms. The van der Waals surface area contributed by atoms with Crippen LogP contribution in [0.25, 0.3) is 0 Å². The van der Waals surface area contributed by atoms with E-state index in [9.17, 15) is 19.2 Å². The highest BCUT2D eigenvalue weighted by molar-refractivity contribution is 5.82. The maximum absolute atomic E-state index is 11.6. The molecule has 12 nitrogen and oxygen atoms in total. The second-order valence-electron chi connectivity index (χ2n) is 6.36. The van der Waals surface area contributed by atoms with Crippen LogP contribution in [-0.2, 0) is 38.1 Å². The highest BCUT2D eigenvalue weighted by Crippen LogP contribution is 1.95. The van der Waals surface area contributed by atoms with Crippen LogP contribution in [0.5, 0.6) is 0 Å². The second kappa shape index (κ2) is 21.1. The average molecular weight is 448 g/mol. The number of carbonyl (C=O) groups excluding carboxylic acids is 3. The molecule has 0 aromatic heterocycles. The Hall–Kier alpha value is -2.12. The predicted octanol–water partition coefficient (Wildman–Crippen LogP) is -1.63. The molecule has 0 aliphatic rings. The van der Waals surface area contributed by atoms with E-state index in [0.29, 0.717) is 65.6 Å². The number of amides is 2. The number of hydrogen-bond acceptors (Lipinski definition) is 9. The molecule has 0 saturated heterocycles. The summed E-state index contributed by atoms with van der Waals surface area (Å²) in [6, 6.07) is -0.820. The van der Waals surface area contributed by atoms with Gasteiger partial charge in [-0.1, -0.05) is 0 Å². The molecule has 31 heavy (non-hydrogen) atoms. The summed E-state index contributed by atoms with van der Waals surface area (Å²) in [6.45, 7) is 3.11. The van der Waals surface area contributed by atoms with Crippen molar-refractivity contribution in [2.75, 3.05) is 65.9 Å². The number of nitrogens with one attached hydrogen (secondary N) is 2. The molecule has 0 aliphatic carbocycles. The molecule has 0 rings (SSSR count). The van der Waals surface area contributed by atoms with E-state index in [0.717, 1.165) is 0 Å². The van der Waals surface area contributed by atoms with E-state index in [1.54, 1.807) is 0 Å². The van der Waals surface area contributed by atoms with E-state index >= 15 is 0 Å². The molecule has 12 heteroatoms. The summed E-state index contributed by atoms with van der Waals surface area (Å²) >= 11 is 0. The van der Waals surface area contributed by atoms with Crippen molar-refractivity contribution in [1.82, 2.24) is 10.6 Å². The second-order valence-corrected chi connectivity index (χ2v) is 6.36. The van der Waals surface area contributed by atoms with Crippen molar-refractivity contribution in [2.45, 2.75) is 31.7 Å². The number of hydrogen-bond donors (Lipinski definition) is 4. The van der Waals surface area contributed by atoms with E-state index in [-0.39, 0.29) is 37.9 Å². The highest BCUT2D eigenvalue weighted by Gasteiger charge is 2.13. The van der Waals surface area contributed by atoms with E-state index in [1.807, 2.05) is 0 Å². The number of carbonyl (C=O) groups is 3. The molecule has 2 amide bonds. The zero-order chi connectivity index (χ0) is 23.2. The van der Waals surface area contributed by atoms with Crippen LogP contribution in [0.4, 0.5) is 0 Å². The van der Waals surface area contributed by atoms with Crippen molar-refractivity contribution in [3.63, 3.8) is 0 Å². The van der Waals surface area contributed by atoms with Gasteiger partial charge in [0.1, 0.15) is 13.2 Å². The summed E-state index contributed by atoms with van der Waals surface area (Å²) in [5, 5.41) is 13.8. The molecule has 179 valence electrons. The molecule has 0 aromatic rings. The van der Waals surface area contributed by atoms with Gasteiger partial charge in [-0.3, -0.25) is 19.2 Å². The van der Waals surface area contributed by atoms with Crippen molar-refractivity contribution in [3.8, 4) is 0 Å². The minimum atomic E-state index is -0.981. The molecule has 0 bridgehead atoms. The first kappa shape index (κ1) is 28.9. The Balaban J connectivity index is 3.28. The maximum atomic E-state index is 11.6. The Morgan fingerprint density at radius 2 is 1.42 bits per heavy atom. The summed E-state index contributed by atoms with van der Waals surface area (Å²) in [4.78, 5) is 43.2. The lowest BCUT2D eigenvalue weighted by Gasteiger charge is -2.11. The van der Waals surface area contributed by atoms with Gasteiger partial charge < -0.3 is 40.4 Å². The Morgan fingerprint density at radius 1 is 0.871 bits per heavy atom. The minimum absolute atomic E-state index is 0.104. The SMILES string of the molecule is N[C@@H](CCC(=O)O)C(=O)NCCCOCCOCCOCCCNC(=O)COC[C]=O. The first-order chi connectivity index (χ1) is 15.0. The third kappa shape index (κ3) is 20.9. The minimum Gasteiger partial charge on any atom is -0.481 e. The Bertz CT molecular complexity index is 506. The van der Waals surface area contributed by atoms with Crippen molar-refractivity contribution in [2.24, 2.45) is 5.73 Å². The van der Waals surface area contributed by atoms with Crippen LogP contribution in [0.2, 0.25) is 0 Å². The van der Waals surface area contributed by atoms with Crippen LogP contribution in [0, 0.1) is 0 Å². The Morgan fingerprint density at radius 3 is 1.97 bits per heavy atom. The molecule has 0 fully saturated rings. The fourth-order valence-corrected chi connectivity index (χ4v) is 2.11. The summed E-state index contributed by atoms with van der Waals surface area (Å²) in [5.74, 6) is -1.64. The zero-order valence-corrected chi connectivity index (χ0v) is 17.8. The Labute approximate surface area is 182 Å². The number of aliphatic carboxylic acids is 1. The molecular formula is C19H34N3O9. The summed E-state index contributed by atoms with van der Waals surface area (Å²) in [7, 11) is 0. The molecule has 1 radical (unpaired) electrons. The largest absolute Gasteiger partial charge is 0.481 e. The van der Waals surface area contributed by atoms with Gasteiger partial charge in [-0.2, -0.15) is 0 Å². The van der Waals surface area contributed by atoms with Gasteiger partial charge in [0.25, 0.3) is 0 Å². The van der Waals surface area contributed by atoms with Gasteiger partial charge in [0.2, 0.25) is 18.1 Å². The van der Waals surface area contributed by atoms with Gasteiger partial charge in [-0.15, -0.1) is 0 Å². The van der Waals surface area contributed by atoms with Crippen LogP contribution in [0.3, 0.4) is 0 Å². The first-order valence-corrected chi connectivity index (χ1v) is 10.1. The summed E-state index contributed by atoms with van der Waals surface area (Å²) in [5.41, 5.74) is 5.59. The number of carboxylic acids is 1. The van der Waals surface area contributed by atoms with Crippen LogP contribution < -0.4 is 16.4 Å². The number of carboxylic acid groups (broad SMARTS) is 1. The normalized spacial score (nSPS) is 11.6. The van der Waals surface area contributed by atoms with Crippen molar-refractivity contribution in [1.29, 1.82) is 0 Å². The third-order valence-corrected chi connectivity index (χ3v) is 3.70.